The lowest BCUT2D eigenvalue weighted by atomic mass is 9.97. The van der Waals surface area contributed by atoms with Gasteiger partial charge in [0.1, 0.15) is 5.75 Å². The molecule has 2 heteroatoms. The first-order valence-corrected chi connectivity index (χ1v) is 6.67. The Balaban J connectivity index is 1.96. The van der Waals surface area contributed by atoms with Crippen molar-refractivity contribution < 1.29 is 5.11 Å². The van der Waals surface area contributed by atoms with Crippen molar-refractivity contribution in [1.82, 2.24) is 0 Å². The molecule has 0 aromatic heterocycles. The monoisotopic (exact) mass is 231 g/mol. The normalized spacial score (nSPS) is 19.1. The number of aliphatic imine (C=N–C) groups is 1. The zero-order valence-electron chi connectivity index (χ0n) is 10.3. The fourth-order valence-electron chi connectivity index (χ4n) is 2.37. The van der Waals surface area contributed by atoms with E-state index in [-0.39, 0.29) is 0 Å². The van der Waals surface area contributed by atoms with Crippen LogP contribution < -0.4 is 0 Å². The first-order valence-electron chi connectivity index (χ1n) is 6.67. The van der Waals surface area contributed by atoms with Gasteiger partial charge in [0.25, 0.3) is 0 Å². The van der Waals surface area contributed by atoms with E-state index in [1.54, 1.807) is 6.07 Å². The van der Waals surface area contributed by atoms with E-state index < -0.39 is 0 Å². The molecule has 2 nitrogen and oxygen atoms in total. The number of hydrogen-bond acceptors (Lipinski definition) is 2. The Morgan fingerprint density at radius 2 is 1.65 bits per heavy atom. The van der Waals surface area contributed by atoms with Crippen LogP contribution in [0.3, 0.4) is 0 Å². The Kier molecular flexibility index (Phi) is 4.60. The zero-order valence-corrected chi connectivity index (χ0v) is 10.3. The second-order valence-electron chi connectivity index (χ2n) is 4.84. The average Bonchev–Trinajstić information content (AvgIpc) is 2.29. The molecule has 0 aliphatic heterocycles. The summed E-state index contributed by atoms with van der Waals surface area (Å²) in [6, 6.07) is 7.83. The maximum Gasteiger partial charge on any atom is 0.124 e. The Hall–Kier alpha value is -1.31. The smallest absolute Gasteiger partial charge is 0.124 e. The lowest BCUT2D eigenvalue weighted by Crippen LogP contribution is -2.07. The quantitative estimate of drug-likeness (QED) is 0.769. The zero-order chi connectivity index (χ0) is 11.9. The van der Waals surface area contributed by atoms with E-state index in [1.165, 1.54) is 44.9 Å². The Morgan fingerprint density at radius 1 is 1.00 bits per heavy atom. The van der Waals surface area contributed by atoms with Crippen molar-refractivity contribution in [2.45, 2.75) is 51.0 Å². The second-order valence-corrected chi connectivity index (χ2v) is 4.84. The molecule has 0 atom stereocenters. The number of hydrogen-bond donors (Lipinski definition) is 1. The molecule has 1 saturated carbocycles. The van der Waals surface area contributed by atoms with Gasteiger partial charge in [-0.2, -0.15) is 0 Å². The van der Waals surface area contributed by atoms with Crippen molar-refractivity contribution >= 4 is 6.21 Å². The topological polar surface area (TPSA) is 32.6 Å². The molecule has 0 saturated heterocycles. The van der Waals surface area contributed by atoms with Crippen LogP contribution in [0.1, 0.15) is 50.5 Å². The predicted molar refractivity (Wildman–Crippen MR) is 71.8 cm³/mol. The van der Waals surface area contributed by atoms with Crippen molar-refractivity contribution in [3.8, 4) is 5.75 Å². The summed E-state index contributed by atoms with van der Waals surface area (Å²) < 4.78 is 0. The van der Waals surface area contributed by atoms with Gasteiger partial charge in [-0.05, 0) is 25.0 Å². The third-order valence-corrected chi connectivity index (χ3v) is 3.44. The molecule has 1 aliphatic carbocycles. The Labute approximate surface area is 103 Å². The number of aromatic hydroxyl groups is 1. The number of phenols is 1. The largest absolute Gasteiger partial charge is 0.507 e. The highest BCUT2D eigenvalue weighted by atomic mass is 16.3. The molecule has 17 heavy (non-hydrogen) atoms. The summed E-state index contributed by atoms with van der Waals surface area (Å²) in [5.74, 6) is 0.321. The molecule has 1 N–H and O–H groups in total. The third kappa shape index (κ3) is 3.88. The minimum atomic E-state index is 0.321. The molecule has 1 fully saturated rings. The van der Waals surface area contributed by atoms with Gasteiger partial charge in [-0.15, -0.1) is 0 Å². The van der Waals surface area contributed by atoms with E-state index in [0.29, 0.717) is 11.8 Å². The highest BCUT2D eigenvalue weighted by Crippen LogP contribution is 2.20. The number of phenolic OH excluding ortho intramolecular Hbond substituents is 1. The van der Waals surface area contributed by atoms with E-state index in [2.05, 4.69) is 4.99 Å². The van der Waals surface area contributed by atoms with Gasteiger partial charge < -0.3 is 5.11 Å². The van der Waals surface area contributed by atoms with E-state index >= 15 is 0 Å². The van der Waals surface area contributed by atoms with Gasteiger partial charge in [-0.25, -0.2) is 0 Å². The number of para-hydroxylation sites is 1. The fourth-order valence-corrected chi connectivity index (χ4v) is 2.37. The maximum atomic E-state index is 9.65. The van der Waals surface area contributed by atoms with Crippen molar-refractivity contribution in [2.24, 2.45) is 4.99 Å². The first kappa shape index (κ1) is 12.2. The molecule has 0 unspecified atom stereocenters. The van der Waals surface area contributed by atoms with Crippen molar-refractivity contribution in [1.29, 1.82) is 0 Å². The van der Waals surface area contributed by atoms with Crippen LogP contribution in [0.15, 0.2) is 29.3 Å². The Morgan fingerprint density at radius 3 is 2.35 bits per heavy atom. The van der Waals surface area contributed by atoms with Crippen LogP contribution in [-0.4, -0.2) is 17.4 Å². The molecule has 0 heterocycles. The van der Waals surface area contributed by atoms with Crippen LogP contribution >= 0.6 is 0 Å². The summed E-state index contributed by atoms with van der Waals surface area (Å²) in [5.41, 5.74) is 0.828. The van der Waals surface area contributed by atoms with E-state index in [4.69, 9.17) is 0 Å². The highest BCUT2D eigenvalue weighted by molar-refractivity contribution is 5.83. The lowest BCUT2D eigenvalue weighted by molar-refractivity contribution is 0.455. The Bertz CT molecular complexity index is 365. The summed E-state index contributed by atoms with van der Waals surface area (Å²) in [5, 5.41) is 9.65. The maximum absolute atomic E-state index is 9.65. The van der Waals surface area contributed by atoms with Gasteiger partial charge in [0.05, 0.1) is 0 Å². The molecule has 1 aromatic carbocycles. The SMILES string of the molecule is Oc1ccccc1C=NC1CCCCCCC1. The third-order valence-electron chi connectivity index (χ3n) is 3.44. The molecule has 0 radical (unpaired) electrons. The van der Waals surface area contributed by atoms with E-state index in [9.17, 15) is 5.11 Å². The molecule has 2 rings (SSSR count). The summed E-state index contributed by atoms with van der Waals surface area (Å²) in [6.07, 6.45) is 10.9. The summed E-state index contributed by atoms with van der Waals surface area (Å²) in [7, 11) is 0. The molecule has 1 aliphatic rings. The van der Waals surface area contributed by atoms with E-state index in [0.717, 1.165) is 5.56 Å². The van der Waals surface area contributed by atoms with Crippen molar-refractivity contribution in [3.05, 3.63) is 29.8 Å². The van der Waals surface area contributed by atoms with E-state index in [1.807, 2.05) is 24.4 Å². The summed E-state index contributed by atoms with van der Waals surface area (Å²) in [6.45, 7) is 0. The van der Waals surface area contributed by atoms with Gasteiger partial charge in [-0.3, -0.25) is 4.99 Å². The van der Waals surface area contributed by atoms with Crippen molar-refractivity contribution in [3.63, 3.8) is 0 Å². The molecular weight excluding hydrogens is 210 g/mol. The van der Waals surface area contributed by atoms with Gasteiger partial charge >= 0.3 is 0 Å². The van der Waals surface area contributed by atoms with Crippen LogP contribution in [-0.2, 0) is 0 Å². The number of benzene rings is 1. The second kappa shape index (κ2) is 6.43. The lowest BCUT2D eigenvalue weighted by Gasteiger charge is -2.15. The summed E-state index contributed by atoms with van der Waals surface area (Å²) >= 11 is 0. The van der Waals surface area contributed by atoms with Crippen molar-refractivity contribution in [2.75, 3.05) is 0 Å². The minimum absolute atomic E-state index is 0.321. The van der Waals surface area contributed by atoms with Crippen LogP contribution in [0.2, 0.25) is 0 Å². The van der Waals surface area contributed by atoms with Crippen LogP contribution in [0.5, 0.6) is 5.75 Å². The molecule has 1 aromatic rings. The molecule has 0 spiro atoms. The van der Waals surface area contributed by atoms with Crippen LogP contribution in [0.4, 0.5) is 0 Å². The number of rotatable bonds is 2. The summed E-state index contributed by atoms with van der Waals surface area (Å²) in [4.78, 5) is 4.63. The van der Waals surface area contributed by atoms with Crippen LogP contribution in [0.25, 0.3) is 0 Å². The van der Waals surface area contributed by atoms with Gasteiger partial charge in [-0.1, -0.05) is 44.2 Å². The molecule has 0 amide bonds. The first-order chi connectivity index (χ1) is 8.36. The van der Waals surface area contributed by atoms with Crippen LogP contribution in [0, 0.1) is 0 Å². The average molecular weight is 231 g/mol. The molecular formula is C15H21NO. The fraction of sp³-hybridized carbons (Fsp3) is 0.533. The van der Waals surface area contributed by atoms with Gasteiger partial charge in [0.2, 0.25) is 0 Å². The predicted octanol–water partition coefficient (Wildman–Crippen LogP) is 3.92. The highest BCUT2D eigenvalue weighted by Gasteiger charge is 2.09. The standard InChI is InChI=1S/C15H21NO/c17-15-11-7-6-8-13(15)12-16-14-9-4-2-1-3-5-10-14/h6-8,11-12,14,17H,1-5,9-10H2. The number of nitrogens with zero attached hydrogens (tertiary/aromatic N) is 1. The molecule has 92 valence electrons. The van der Waals surface area contributed by atoms with Gasteiger partial charge in [0, 0.05) is 17.8 Å². The van der Waals surface area contributed by atoms with Gasteiger partial charge in [0.15, 0.2) is 0 Å². The molecule has 0 bridgehead atoms. The minimum Gasteiger partial charge on any atom is -0.507 e.